The molecule has 3 heterocycles. The molecule has 0 saturated carbocycles. The minimum atomic E-state index is -0.00865. The summed E-state index contributed by atoms with van der Waals surface area (Å²) in [5.41, 5.74) is 2.50. The number of benzene rings is 1. The summed E-state index contributed by atoms with van der Waals surface area (Å²) in [6, 6.07) is 11.7. The van der Waals surface area contributed by atoms with Crippen molar-refractivity contribution in [2.24, 2.45) is 0 Å². The van der Waals surface area contributed by atoms with Crippen LogP contribution in [-0.2, 0) is 0 Å². The number of carbonyl (C=O) groups is 1. The Morgan fingerprint density at radius 1 is 0.862 bits per heavy atom. The molecule has 4 rings (SSSR count). The number of nitrogens with one attached hydrogen (secondary N) is 1. The maximum Gasteiger partial charge on any atom is 0.251 e. The number of anilines is 1. The number of rotatable bonds is 7. The zero-order valence-electron chi connectivity index (χ0n) is 17.1. The SMILES string of the molecule is O=C(NCCCN1CCCCC1)c1ccc(-c2ccc(N3CCCC3)nn2)cc1. The van der Waals surface area contributed by atoms with Crippen molar-refractivity contribution in [3.05, 3.63) is 42.0 Å². The standard InChI is InChI=1S/C23H31N5O/c29-23(24-13-6-16-27-14-2-1-3-15-27)20-9-7-19(8-10-20)21-11-12-22(26-25-21)28-17-4-5-18-28/h7-12H,1-6,13-18H2,(H,24,29). The second kappa shape index (κ2) is 9.83. The van der Waals surface area contributed by atoms with Gasteiger partial charge in [0.15, 0.2) is 5.82 Å². The molecule has 1 N–H and O–H groups in total. The van der Waals surface area contributed by atoms with E-state index in [9.17, 15) is 4.79 Å². The molecule has 2 saturated heterocycles. The number of carbonyl (C=O) groups excluding carboxylic acids is 1. The summed E-state index contributed by atoms with van der Waals surface area (Å²) in [6.45, 7) is 6.34. The molecule has 0 bridgehead atoms. The molecule has 154 valence electrons. The number of likely N-dealkylation sites (tertiary alicyclic amines) is 1. The fourth-order valence-corrected chi connectivity index (χ4v) is 4.18. The van der Waals surface area contributed by atoms with E-state index in [4.69, 9.17) is 0 Å². The third-order valence-electron chi connectivity index (χ3n) is 5.91. The first-order valence-corrected chi connectivity index (χ1v) is 11.0. The average molecular weight is 394 g/mol. The molecule has 0 spiro atoms. The fourth-order valence-electron chi connectivity index (χ4n) is 4.18. The first-order valence-electron chi connectivity index (χ1n) is 11.0. The summed E-state index contributed by atoms with van der Waals surface area (Å²) in [6.07, 6.45) is 7.44. The first-order chi connectivity index (χ1) is 14.3. The van der Waals surface area contributed by atoms with E-state index in [1.807, 2.05) is 36.4 Å². The van der Waals surface area contributed by atoms with Crippen LogP contribution in [0, 0.1) is 0 Å². The molecule has 1 aromatic carbocycles. The largest absolute Gasteiger partial charge is 0.355 e. The van der Waals surface area contributed by atoms with Crippen molar-refractivity contribution in [3.63, 3.8) is 0 Å². The number of amides is 1. The van der Waals surface area contributed by atoms with Crippen molar-refractivity contribution >= 4 is 11.7 Å². The van der Waals surface area contributed by atoms with Crippen molar-refractivity contribution in [2.75, 3.05) is 44.2 Å². The minimum absolute atomic E-state index is 0.00865. The summed E-state index contributed by atoms with van der Waals surface area (Å²) in [4.78, 5) is 17.2. The molecular weight excluding hydrogens is 362 g/mol. The van der Waals surface area contributed by atoms with Gasteiger partial charge in [0.2, 0.25) is 0 Å². The molecule has 29 heavy (non-hydrogen) atoms. The van der Waals surface area contributed by atoms with E-state index < -0.39 is 0 Å². The van der Waals surface area contributed by atoms with Crippen LogP contribution >= 0.6 is 0 Å². The van der Waals surface area contributed by atoms with Crippen molar-refractivity contribution in [3.8, 4) is 11.3 Å². The van der Waals surface area contributed by atoms with Gasteiger partial charge in [-0.3, -0.25) is 4.79 Å². The molecule has 2 aromatic rings. The van der Waals surface area contributed by atoms with E-state index in [1.54, 1.807) is 0 Å². The van der Waals surface area contributed by atoms with Crippen molar-refractivity contribution in [2.45, 2.75) is 38.5 Å². The normalized spacial score (nSPS) is 17.4. The Bertz CT molecular complexity index is 778. The molecule has 6 heteroatoms. The Hall–Kier alpha value is -2.47. The highest BCUT2D eigenvalue weighted by atomic mass is 16.1. The molecule has 0 radical (unpaired) electrons. The number of piperidine rings is 1. The van der Waals surface area contributed by atoms with Gasteiger partial charge in [0.05, 0.1) is 5.69 Å². The molecular formula is C23H31N5O. The van der Waals surface area contributed by atoms with Crippen LogP contribution in [0.25, 0.3) is 11.3 Å². The third-order valence-corrected chi connectivity index (χ3v) is 5.91. The van der Waals surface area contributed by atoms with E-state index in [2.05, 4.69) is 25.3 Å². The zero-order valence-corrected chi connectivity index (χ0v) is 17.1. The second-order valence-corrected chi connectivity index (χ2v) is 8.06. The molecule has 2 aliphatic rings. The lowest BCUT2D eigenvalue weighted by atomic mass is 10.1. The average Bonchev–Trinajstić information content (AvgIpc) is 3.33. The van der Waals surface area contributed by atoms with Gasteiger partial charge in [-0.05, 0) is 76.0 Å². The van der Waals surface area contributed by atoms with Crippen LogP contribution < -0.4 is 10.2 Å². The van der Waals surface area contributed by atoms with Crippen LogP contribution in [0.1, 0.15) is 48.9 Å². The lowest BCUT2D eigenvalue weighted by Crippen LogP contribution is -2.33. The number of nitrogens with zero attached hydrogens (tertiary/aromatic N) is 4. The topological polar surface area (TPSA) is 61.4 Å². The smallest absolute Gasteiger partial charge is 0.251 e. The summed E-state index contributed by atoms with van der Waals surface area (Å²) in [7, 11) is 0. The number of hydrogen-bond donors (Lipinski definition) is 1. The Balaban J connectivity index is 1.26. The van der Waals surface area contributed by atoms with Crippen LogP contribution in [0.15, 0.2) is 36.4 Å². The van der Waals surface area contributed by atoms with Crippen molar-refractivity contribution in [1.29, 1.82) is 0 Å². The van der Waals surface area contributed by atoms with Gasteiger partial charge >= 0.3 is 0 Å². The van der Waals surface area contributed by atoms with Crippen LogP contribution in [0.3, 0.4) is 0 Å². The summed E-state index contributed by atoms with van der Waals surface area (Å²) in [5.74, 6) is 0.942. The lowest BCUT2D eigenvalue weighted by molar-refractivity contribution is 0.0951. The lowest BCUT2D eigenvalue weighted by Gasteiger charge is -2.26. The van der Waals surface area contributed by atoms with Gasteiger partial charge in [-0.15, -0.1) is 10.2 Å². The number of hydrogen-bond acceptors (Lipinski definition) is 5. The molecule has 0 atom stereocenters. The van der Waals surface area contributed by atoms with Gasteiger partial charge < -0.3 is 15.1 Å². The summed E-state index contributed by atoms with van der Waals surface area (Å²) in [5, 5.41) is 11.8. The van der Waals surface area contributed by atoms with E-state index in [-0.39, 0.29) is 5.91 Å². The van der Waals surface area contributed by atoms with Crippen LogP contribution in [-0.4, -0.2) is 60.3 Å². The zero-order chi connectivity index (χ0) is 19.9. The Kier molecular flexibility index (Phi) is 6.72. The Morgan fingerprint density at radius 3 is 2.28 bits per heavy atom. The van der Waals surface area contributed by atoms with E-state index >= 15 is 0 Å². The second-order valence-electron chi connectivity index (χ2n) is 8.06. The highest BCUT2D eigenvalue weighted by Crippen LogP contribution is 2.21. The van der Waals surface area contributed by atoms with Gasteiger partial charge in [0, 0.05) is 30.8 Å². The van der Waals surface area contributed by atoms with Crippen LogP contribution in [0.4, 0.5) is 5.82 Å². The predicted molar refractivity (Wildman–Crippen MR) is 116 cm³/mol. The van der Waals surface area contributed by atoms with Gasteiger partial charge in [0.1, 0.15) is 0 Å². The minimum Gasteiger partial charge on any atom is -0.355 e. The molecule has 0 aliphatic carbocycles. The van der Waals surface area contributed by atoms with Crippen LogP contribution in [0.5, 0.6) is 0 Å². The highest BCUT2D eigenvalue weighted by molar-refractivity contribution is 5.94. The van der Waals surface area contributed by atoms with Gasteiger partial charge in [-0.2, -0.15) is 0 Å². The summed E-state index contributed by atoms with van der Waals surface area (Å²) < 4.78 is 0. The molecule has 6 nitrogen and oxygen atoms in total. The van der Waals surface area contributed by atoms with Gasteiger partial charge in [-0.1, -0.05) is 18.6 Å². The van der Waals surface area contributed by atoms with Crippen molar-refractivity contribution in [1.82, 2.24) is 20.4 Å². The van der Waals surface area contributed by atoms with Gasteiger partial charge in [-0.25, -0.2) is 0 Å². The fraction of sp³-hybridized carbons (Fsp3) is 0.522. The Morgan fingerprint density at radius 2 is 1.59 bits per heavy atom. The van der Waals surface area contributed by atoms with E-state index in [0.717, 1.165) is 49.7 Å². The summed E-state index contributed by atoms with van der Waals surface area (Å²) >= 11 is 0. The predicted octanol–water partition coefficient (Wildman–Crippen LogP) is 3.35. The molecule has 2 fully saturated rings. The van der Waals surface area contributed by atoms with Crippen LogP contribution in [0.2, 0.25) is 0 Å². The molecule has 1 aromatic heterocycles. The third kappa shape index (κ3) is 5.32. The quantitative estimate of drug-likeness (QED) is 0.731. The molecule has 2 aliphatic heterocycles. The van der Waals surface area contributed by atoms with Gasteiger partial charge in [0.25, 0.3) is 5.91 Å². The molecule has 1 amide bonds. The monoisotopic (exact) mass is 393 g/mol. The van der Waals surface area contributed by atoms with E-state index in [0.29, 0.717) is 5.56 Å². The first kappa shape index (κ1) is 19.8. The highest BCUT2D eigenvalue weighted by Gasteiger charge is 2.14. The van der Waals surface area contributed by atoms with Crippen molar-refractivity contribution < 1.29 is 4.79 Å². The van der Waals surface area contributed by atoms with E-state index in [1.165, 1.54) is 45.2 Å². The number of aromatic nitrogens is 2. The Labute approximate surface area is 173 Å². The maximum atomic E-state index is 12.4. The molecule has 0 unspecified atom stereocenters. The maximum absolute atomic E-state index is 12.4.